The first kappa shape index (κ1) is 13.7. The van der Waals surface area contributed by atoms with Crippen LogP contribution in [0.15, 0.2) is 42.6 Å². The molecular formula is C14H12N2O4. The van der Waals surface area contributed by atoms with Crippen molar-refractivity contribution in [3.05, 3.63) is 69.5 Å². The van der Waals surface area contributed by atoms with Crippen molar-refractivity contribution in [1.82, 2.24) is 4.98 Å². The third kappa shape index (κ3) is 2.80. The smallest absolute Gasteiger partial charge is 0.317 e. The highest BCUT2D eigenvalue weighted by molar-refractivity contribution is 5.79. The van der Waals surface area contributed by atoms with E-state index in [9.17, 15) is 20.0 Å². The van der Waals surface area contributed by atoms with E-state index < -0.39 is 16.8 Å². The maximum atomic E-state index is 11.5. The largest absolute Gasteiger partial charge is 0.480 e. The van der Waals surface area contributed by atoms with Gasteiger partial charge in [-0.25, -0.2) is 0 Å². The van der Waals surface area contributed by atoms with E-state index in [-0.39, 0.29) is 11.4 Å². The zero-order chi connectivity index (χ0) is 14.7. The van der Waals surface area contributed by atoms with E-state index >= 15 is 0 Å². The van der Waals surface area contributed by atoms with Crippen molar-refractivity contribution in [2.75, 3.05) is 0 Å². The summed E-state index contributed by atoms with van der Waals surface area (Å²) in [5.74, 6) is -1.98. The number of hydrogen-bond donors (Lipinski definition) is 1. The first-order chi connectivity index (χ1) is 9.49. The highest BCUT2D eigenvalue weighted by atomic mass is 16.6. The van der Waals surface area contributed by atoms with E-state index in [4.69, 9.17) is 0 Å². The van der Waals surface area contributed by atoms with Crippen molar-refractivity contribution < 1.29 is 14.8 Å². The number of aromatic nitrogens is 1. The van der Waals surface area contributed by atoms with Crippen LogP contribution in [0.5, 0.6) is 0 Å². The van der Waals surface area contributed by atoms with Gasteiger partial charge in [0.2, 0.25) is 0 Å². The molecule has 2 aromatic rings. The number of nitrogens with zero attached hydrogens (tertiary/aromatic N) is 2. The molecule has 1 unspecified atom stereocenters. The molecule has 0 fully saturated rings. The Hall–Kier alpha value is -2.76. The molecule has 0 saturated carbocycles. The van der Waals surface area contributed by atoms with Crippen LogP contribution in [0.2, 0.25) is 0 Å². The van der Waals surface area contributed by atoms with Gasteiger partial charge < -0.3 is 5.11 Å². The number of carbonyl (C=O) groups is 1. The van der Waals surface area contributed by atoms with Crippen molar-refractivity contribution in [3.8, 4) is 0 Å². The Labute approximate surface area is 114 Å². The van der Waals surface area contributed by atoms with Crippen molar-refractivity contribution in [2.24, 2.45) is 0 Å². The first-order valence-corrected chi connectivity index (χ1v) is 5.89. The van der Waals surface area contributed by atoms with Gasteiger partial charge in [-0.3, -0.25) is 19.9 Å². The van der Waals surface area contributed by atoms with Crippen LogP contribution in [0, 0.1) is 17.0 Å². The molecule has 102 valence electrons. The Morgan fingerprint density at radius 2 is 2.10 bits per heavy atom. The van der Waals surface area contributed by atoms with E-state index in [0.29, 0.717) is 5.56 Å². The minimum atomic E-state index is -1.04. The lowest BCUT2D eigenvalue weighted by Gasteiger charge is -2.12. The molecule has 0 amide bonds. The summed E-state index contributed by atoms with van der Waals surface area (Å²) in [6.45, 7) is 1.87. The molecule has 0 bridgehead atoms. The fourth-order valence-electron chi connectivity index (χ4n) is 1.97. The van der Waals surface area contributed by atoms with Gasteiger partial charge in [-0.2, -0.15) is 0 Å². The Balaban J connectivity index is 2.43. The molecule has 0 aliphatic rings. The number of pyridine rings is 1. The number of rotatable bonds is 4. The van der Waals surface area contributed by atoms with Crippen LogP contribution < -0.4 is 0 Å². The van der Waals surface area contributed by atoms with Crippen molar-refractivity contribution in [2.45, 2.75) is 12.8 Å². The number of aliphatic carboxylic acids is 1. The van der Waals surface area contributed by atoms with Gasteiger partial charge >= 0.3 is 5.97 Å². The van der Waals surface area contributed by atoms with Crippen LogP contribution in [0.4, 0.5) is 5.69 Å². The topological polar surface area (TPSA) is 93.3 Å². The molecule has 1 aromatic carbocycles. The molecule has 0 saturated heterocycles. The number of nitro groups is 1. The summed E-state index contributed by atoms with van der Waals surface area (Å²) in [7, 11) is 0. The van der Waals surface area contributed by atoms with Gasteiger partial charge in [-0.1, -0.05) is 29.8 Å². The highest BCUT2D eigenvalue weighted by Crippen LogP contribution is 2.25. The summed E-state index contributed by atoms with van der Waals surface area (Å²) in [4.78, 5) is 25.4. The molecule has 20 heavy (non-hydrogen) atoms. The van der Waals surface area contributed by atoms with E-state index in [0.717, 1.165) is 11.8 Å². The molecule has 1 aromatic heterocycles. The Morgan fingerprint density at radius 3 is 2.60 bits per heavy atom. The van der Waals surface area contributed by atoms with Crippen molar-refractivity contribution in [1.29, 1.82) is 0 Å². The zero-order valence-electron chi connectivity index (χ0n) is 10.7. The third-order valence-corrected chi connectivity index (χ3v) is 2.90. The van der Waals surface area contributed by atoms with Gasteiger partial charge in [0.15, 0.2) is 0 Å². The molecule has 6 nitrogen and oxygen atoms in total. The maximum Gasteiger partial charge on any atom is 0.317 e. The summed E-state index contributed by atoms with van der Waals surface area (Å²) in [6, 6.07) is 9.74. The fourth-order valence-corrected chi connectivity index (χ4v) is 1.97. The summed E-state index contributed by atoms with van der Waals surface area (Å²) < 4.78 is 0. The normalized spacial score (nSPS) is 11.8. The maximum absolute atomic E-state index is 11.5. The Morgan fingerprint density at radius 1 is 1.35 bits per heavy atom. The molecule has 0 radical (unpaired) electrons. The van der Waals surface area contributed by atoms with Gasteiger partial charge in [0.25, 0.3) is 5.69 Å². The van der Waals surface area contributed by atoms with Crippen LogP contribution >= 0.6 is 0 Å². The number of carboxylic acids is 1. The number of carboxylic acid groups (broad SMARTS) is 1. The molecule has 0 aliphatic carbocycles. The van der Waals surface area contributed by atoms with Gasteiger partial charge in [-0.05, 0) is 18.6 Å². The summed E-state index contributed by atoms with van der Waals surface area (Å²) in [5, 5.41) is 20.0. The molecule has 0 spiro atoms. The van der Waals surface area contributed by atoms with E-state index in [1.54, 1.807) is 18.2 Å². The number of hydrogen-bond acceptors (Lipinski definition) is 4. The fraction of sp³-hybridized carbons (Fsp3) is 0.143. The average Bonchev–Trinajstić information content (AvgIpc) is 2.39. The number of aryl methyl sites for hydroxylation is 1. The van der Waals surface area contributed by atoms with Crippen molar-refractivity contribution in [3.63, 3.8) is 0 Å². The standard InChI is InChI=1S/C14H12N2O4/c1-9-3-2-4-10(7-9)13(14(17)18)12-6-5-11(8-15-12)16(19)20/h2-8,13H,1H3,(H,17,18). The second-order valence-corrected chi connectivity index (χ2v) is 4.38. The van der Waals surface area contributed by atoms with Gasteiger partial charge in [0.1, 0.15) is 12.1 Å². The summed E-state index contributed by atoms with van der Waals surface area (Å²) in [5.41, 5.74) is 1.64. The van der Waals surface area contributed by atoms with Crippen molar-refractivity contribution >= 4 is 11.7 Å². The molecule has 1 heterocycles. The molecule has 2 rings (SSSR count). The van der Waals surface area contributed by atoms with Gasteiger partial charge in [0.05, 0.1) is 10.6 Å². The van der Waals surface area contributed by atoms with Crippen LogP contribution in [0.3, 0.4) is 0 Å². The summed E-state index contributed by atoms with van der Waals surface area (Å²) in [6.07, 6.45) is 1.07. The average molecular weight is 272 g/mol. The first-order valence-electron chi connectivity index (χ1n) is 5.89. The highest BCUT2D eigenvalue weighted by Gasteiger charge is 2.24. The SMILES string of the molecule is Cc1cccc(C(C(=O)O)c2ccc([N+](=O)[O-])cn2)c1. The molecule has 0 aliphatic heterocycles. The molecular weight excluding hydrogens is 260 g/mol. The quantitative estimate of drug-likeness (QED) is 0.681. The van der Waals surface area contributed by atoms with Crippen LogP contribution in [0.1, 0.15) is 22.7 Å². The lowest BCUT2D eigenvalue weighted by molar-refractivity contribution is -0.385. The second-order valence-electron chi connectivity index (χ2n) is 4.38. The molecule has 1 N–H and O–H groups in total. The predicted molar refractivity (Wildman–Crippen MR) is 71.5 cm³/mol. The van der Waals surface area contributed by atoms with E-state index in [1.807, 2.05) is 13.0 Å². The second kappa shape index (κ2) is 5.48. The van der Waals surface area contributed by atoms with E-state index in [1.165, 1.54) is 12.1 Å². The minimum Gasteiger partial charge on any atom is -0.480 e. The van der Waals surface area contributed by atoms with Crippen LogP contribution in [0.25, 0.3) is 0 Å². The minimum absolute atomic E-state index is 0.165. The lowest BCUT2D eigenvalue weighted by Crippen LogP contribution is -2.14. The van der Waals surface area contributed by atoms with E-state index in [2.05, 4.69) is 4.98 Å². The Kier molecular flexibility index (Phi) is 3.74. The monoisotopic (exact) mass is 272 g/mol. The Bertz CT molecular complexity index is 652. The third-order valence-electron chi connectivity index (χ3n) is 2.90. The zero-order valence-corrected chi connectivity index (χ0v) is 10.7. The summed E-state index contributed by atoms with van der Waals surface area (Å²) >= 11 is 0. The van der Waals surface area contributed by atoms with Crippen LogP contribution in [-0.2, 0) is 4.79 Å². The molecule has 6 heteroatoms. The van der Waals surface area contributed by atoms with Crippen LogP contribution in [-0.4, -0.2) is 21.0 Å². The van der Waals surface area contributed by atoms with Gasteiger partial charge in [-0.15, -0.1) is 0 Å². The van der Waals surface area contributed by atoms with Gasteiger partial charge in [0, 0.05) is 6.07 Å². The molecule has 1 atom stereocenters. The number of benzene rings is 1. The lowest BCUT2D eigenvalue weighted by atomic mass is 9.94. The predicted octanol–water partition coefficient (Wildman–Crippen LogP) is 2.51.